The van der Waals surface area contributed by atoms with Gasteiger partial charge in [-0.1, -0.05) is 35.9 Å². The van der Waals surface area contributed by atoms with Crippen LogP contribution in [0.4, 0.5) is 5.69 Å². The van der Waals surface area contributed by atoms with Gasteiger partial charge in [-0.2, -0.15) is 0 Å². The summed E-state index contributed by atoms with van der Waals surface area (Å²) in [5, 5.41) is 2.89. The summed E-state index contributed by atoms with van der Waals surface area (Å²) < 4.78 is 24.2. The summed E-state index contributed by atoms with van der Waals surface area (Å²) in [6.45, 7) is 1.87. The fourth-order valence-electron chi connectivity index (χ4n) is 1.79. The second-order valence-electron chi connectivity index (χ2n) is 4.60. The van der Waals surface area contributed by atoms with Crippen LogP contribution in [0.3, 0.4) is 0 Å². The minimum atomic E-state index is -3.66. The Hall–Kier alpha value is -1.85. The van der Waals surface area contributed by atoms with Gasteiger partial charge in [0, 0.05) is 0 Å². The lowest BCUT2D eigenvalue weighted by molar-refractivity contribution is -0.113. The highest BCUT2D eigenvalue weighted by Crippen LogP contribution is 2.23. The molecule has 0 aromatic heterocycles. The maximum absolute atomic E-state index is 12.1. The van der Waals surface area contributed by atoms with Gasteiger partial charge in [0.1, 0.15) is 5.75 Å². The molecular weight excluding hydrogens is 310 g/mol. The maximum Gasteiger partial charge on any atom is 0.240 e. The number of aryl methyl sites for hydroxylation is 1. The van der Waals surface area contributed by atoms with Crippen molar-refractivity contribution in [3.8, 4) is 0 Å². The lowest BCUT2D eigenvalue weighted by Crippen LogP contribution is -2.23. The highest BCUT2D eigenvalue weighted by molar-refractivity contribution is 7.92. The summed E-state index contributed by atoms with van der Waals surface area (Å²) in [6.07, 6.45) is 0. The van der Waals surface area contributed by atoms with Gasteiger partial charge in [0.25, 0.3) is 0 Å². The number of anilines is 1. The molecule has 0 aliphatic rings. The largest absolute Gasteiger partial charge is 0.324 e. The monoisotopic (exact) mass is 323 g/mol. The molecule has 2 aromatic carbocycles. The number of amides is 1. The molecule has 0 unspecified atom stereocenters. The number of hydrogen-bond donors (Lipinski definition) is 1. The van der Waals surface area contributed by atoms with Crippen molar-refractivity contribution in [3.63, 3.8) is 0 Å². The molecule has 0 aliphatic heterocycles. The second-order valence-corrected chi connectivity index (χ2v) is 7.00. The van der Waals surface area contributed by atoms with Gasteiger partial charge in [-0.25, -0.2) is 8.42 Å². The molecule has 2 rings (SSSR count). The van der Waals surface area contributed by atoms with Crippen LogP contribution in [-0.2, 0) is 14.6 Å². The summed E-state index contributed by atoms with van der Waals surface area (Å²) in [5.74, 6) is -1.24. The average molecular weight is 324 g/mol. The summed E-state index contributed by atoms with van der Waals surface area (Å²) in [6, 6.07) is 13.0. The molecule has 4 nitrogen and oxygen atoms in total. The zero-order chi connectivity index (χ0) is 15.5. The molecule has 0 heterocycles. The van der Waals surface area contributed by atoms with Crippen LogP contribution in [0.1, 0.15) is 5.56 Å². The summed E-state index contributed by atoms with van der Waals surface area (Å²) in [7, 11) is -3.66. The van der Waals surface area contributed by atoms with E-state index in [-0.39, 0.29) is 4.90 Å². The van der Waals surface area contributed by atoms with Gasteiger partial charge in [-0.15, -0.1) is 0 Å². The molecule has 0 fully saturated rings. The predicted molar refractivity (Wildman–Crippen MR) is 83.3 cm³/mol. The van der Waals surface area contributed by atoms with Crippen molar-refractivity contribution in [2.75, 3.05) is 11.1 Å². The highest BCUT2D eigenvalue weighted by Gasteiger charge is 2.19. The van der Waals surface area contributed by atoms with E-state index >= 15 is 0 Å². The second kappa shape index (κ2) is 6.28. The van der Waals surface area contributed by atoms with E-state index in [2.05, 4.69) is 5.32 Å². The molecular formula is C15H14ClNO3S. The Bertz CT molecular complexity index is 758. The number of rotatable bonds is 4. The molecule has 1 amide bonds. The van der Waals surface area contributed by atoms with Crippen molar-refractivity contribution in [2.45, 2.75) is 11.8 Å². The summed E-state index contributed by atoms with van der Waals surface area (Å²) in [5.41, 5.74) is 1.35. The number of sulfone groups is 1. The molecule has 0 saturated heterocycles. The first-order valence-electron chi connectivity index (χ1n) is 6.22. The first-order chi connectivity index (χ1) is 9.88. The normalized spacial score (nSPS) is 11.1. The van der Waals surface area contributed by atoms with Crippen LogP contribution < -0.4 is 5.32 Å². The van der Waals surface area contributed by atoms with E-state index in [0.717, 1.165) is 5.56 Å². The minimum Gasteiger partial charge on any atom is -0.324 e. The standard InChI is InChI=1S/C15H14ClNO3S/c1-11-7-8-14(13(16)9-11)17-15(18)10-21(19,20)12-5-3-2-4-6-12/h2-9H,10H2,1H3,(H,17,18). The van der Waals surface area contributed by atoms with Crippen LogP contribution in [0.15, 0.2) is 53.4 Å². The van der Waals surface area contributed by atoms with Crippen molar-refractivity contribution >= 4 is 33.0 Å². The molecule has 0 spiro atoms. The third-order valence-corrected chi connectivity index (χ3v) is 4.77. The van der Waals surface area contributed by atoms with Gasteiger partial charge in [0.2, 0.25) is 5.91 Å². The number of hydrogen-bond acceptors (Lipinski definition) is 3. The van der Waals surface area contributed by atoms with Gasteiger partial charge in [-0.3, -0.25) is 4.79 Å². The van der Waals surface area contributed by atoms with E-state index in [1.807, 2.05) is 6.92 Å². The third-order valence-electron chi connectivity index (χ3n) is 2.82. The van der Waals surface area contributed by atoms with Crippen LogP contribution in [0.2, 0.25) is 5.02 Å². The molecule has 0 radical (unpaired) electrons. The van der Waals surface area contributed by atoms with E-state index in [1.165, 1.54) is 12.1 Å². The van der Waals surface area contributed by atoms with Crippen LogP contribution >= 0.6 is 11.6 Å². The van der Waals surface area contributed by atoms with Gasteiger partial charge < -0.3 is 5.32 Å². The predicted octanol–water partition coefficient (Wildman–Crippen LogP) is 3.06. The Morgan fingerprint density at radius 3 is 2.43 bits per heavy atom. The SMILES string of the molecule is Cc1ccc(NC(=O)CS(=O)(=O)c2ccccc2)c(Cl)c1. The topological polar surface area (TPSA) is 63.2 Å². The molecule has 0 atom stereocenters. The minimum absolute atomic E-state index is 0.121. The third kappa shape index (κ3) is 4.06. The number of carbonyl (C=O) groups excluding carboxylic acids is 1. The van der Waals surface area contributed by atoms with Gasteiger partial charge >= 0.3 is 0 Å². The quantitative estimate of drug-likeness (QED) is 0.940. The molecule has 0 aliphatic carbocycles. The molecule has 2 aromatic rings. The summed E-state index contributed by atoms with van der Waals surface area (Å²) >= 11 is 6.00. The van der Waals surface area contributed by atoms with Gasteiger partial charge in [-0.05, 0) is 36.8 Å². The molecule has 0 saturated carbocycles. The van der Waals surface area contributed by atoms with Crippen LogP contribution in [0.5, 0.6) is 0 Å². The Morgan fingerprint density at radius 2 is 1.81 bits per heavy atom. The van der Waals surface area contributed by atoms with Crippen molar-refractivity contribution in [1.82, 2.24) is 0 Å². The Balaban J connectivity index is 2.12. The van der Waals surface area contributed by atoms with Gasteiger partial charge in [0.05, 0.1) is 15.6 Å². The fourth-order valence-corrected chi connectivity index (χ4v) is 3.23. The van der Waals surface area contributed by atoms with Crippen LogP contribution in [0.25, 0.3) is 0 Å². The van der Waals surface area contributed by atoms with E-state index in [0.29, 0.717) is 10.7 Å². The lowest BCUT2D eigenvalue weighted by Gasteiger charge is -2.08. The Labute approximate surface area is 128 Å². The number of halogens is 1. The van der Waals surface area contributed by atoms with E-state index in [4.69, 9.17) is 11.6 Å². The highest BCUT2D eigenvalue weighted by atomic mass is 35.5. The van der Waals surface area contributed by atoms with E-state index < -0.39 is 21.5 Å². The van der Waals surface area contributed by atoms with Crippen molar-refractivity contribution in [3.05, 3.63) is 59.1 Å². The zero-order valence-electron chi connectivity index (χ0n) is 11.3. The average Bonchev–Trinajstić information content (AvgIpc) is 2.42. The lowest BCUT2D eigenvalue weighted by atomic mass is 10.2. The van der Waals surface area contributed by atoms with Crippen LogP contribution in [-0.4, -0.2) is 20.1 Å². The number of nitrogens with one attached hydrogen (secondary N) is 1. The van der Waals surface area contributed by atoms with Gasteiger partial charge in [0.15, 0.2) is 9.84 Å². The smallest absolute Gasteiger partial charge is 0.240 e. The van der Waals surface area contributed by atoms with Crippen molar-refractivity contribution in [1.29, 1.82) is 0 Å². The van der Waals surface area contributed by atoms with E-state index in [9.17, 15) is 13.2 Å². The Kier molecular flexibility index (Phi) is 4.65. The zero-order valence-corrected chi connectivity index (χ0v) is 12.9. The first kappa shape index (κ1) is 15.5. The number of carbonyl (C=O) groups is 1. The fraction of sp³-hybridized carbons (Fsp3) is 0.133. The molecule has 0 bridgehead atoms. The molecule has 21 heavy (non-hydrogen) atoms. The van der Waals surface area contributed by atoms with E-state index in [1.54, 1.807) is 36.4 Å². The van der Waals surface area contributed by atoms with Crippen LogP contribution in [0, 0.1) is 6.92 Å². The molecule has 110 valence electrons. The van der Waals surface area contributed by atoms with Crippen molar-refractivity contribution in [2.24, 2.45) is 0 Å². The maximum atomic E-state index is 12.1. The Morgan fingerprint density at radius 1 is 1.14 bits per heavy atom. The summed E-state index contributed by atoms with van der Waals surface area (Å²) in [4.78, 5) is 12.0. The molecule has 6 heteroatoms. The molecule has 1 N–H and O–H groups in total. The van der Waals surface area contributed by atoms with Crippen molar-refractivity contribution < 1.29 is 13.2 Å². The number of benzene rings is 2. The first-order valence-corrected chi connectivity index (χ1v) is 8.25.